The lowest BCUT2D eigenvalue weighted by molar-refractivity contribution is -0.122. The molecule has 0 unspecified atom stereocenters. The number of benzene rings is 2. The SMILES string of the molecule is Cc1nn(-c2ccccc2)c(C)c1C(=O)NNC(=O)CCN1CCN(c2ccccc2)CC1. The second-order valence-electron chi connectivity index (χ2n) is 8.21. The van der Waals surface area contributed by atoms with E-state index in [1.165, 1.54) is 5.69 Å². The van der Waals surface area contributed by atoms with Crippen LogP contribution in [-0.4, -0.2) is 59.2 Å². The molecule has 0 saturated carbocycles. The maximum atomic E-state index is 12.7. The van der Waals surface area contributed by atoms with Gasteiger partial charge in [0.2, 0.25) is 5.91 Å². The van der Waals surface area contributed by atoms with Crippen molar-refractivity contribution in [2.45, 2.75) is 20.3 Å². The summed E-state index contributed by atoms with van der Waals surface area (Å²) in [7, 11) is 0. The van der Waals surface area contributed by atoms with E-state index in [1.807, 2.05) is 43.3 Å². The molecule has 3 aromatic rings. The Hall–Kier alpha value is -3.65. The van der Waals surface area contributed by atoms with E-state index in [9.17, 15) is 9.59 Å². The predicted octanol–water partition coefficient (Wildman–Crippen LogP) is 2.46. The normalized spacial score (nSPS) is 14.2. The summed E-state index contributed by atoms with van der Waals surface area (Å²) < 4.78 is 1.74. The number of amides is 2. The van der Waals surface area contributed by atoms with Crippen molar-refractivity contribution in [1.82, 2.24) is 25.5 Å². The van der Waals surface area contributed by atoms with Crippen LogP contribution < -0.4 is 15.8 Å². The van der Waals surface area contributed by atoms with Crippen LogP contribution in [0.3, 0.4) is 0 Å². The Balaban J connectivity index is 1.24. The largest absolute Gasteiger partial charge is 0.369 e. The highest BCUT2D eigenvalue weighted by molar-refractivity contribution is 5.97. The summed E-state index contributed by atoms with van der Waals surface area (Å²) in [5, 5.41) is 4.49. The van der Waals surface area contributed by atoms with Crippen molar-refractivity contribution in [2.24, 2.45) is 0 Å². The predicted molar refractivity (Wildman–Crippen MR) is 128 cm³/mol. The molecule has 0 atom stereocenters. The lowest BCUT2D eigenvalue weighted by Gasteiger charge is -2.36. The monoisotopic (exact) mass is 446 g/mol. The Morgan fingerprint density at radius 1 is 0.848 bits per heavy atom. The molecule has 1 saturated heterocycles. The Morgan fingerprint density at radius 2 is 1.45 bits per heavy atom. The lowest BCUT2D eigenvalue weighted by Crippen LogP contribution is -2.48. The highest BCUT2D eigenvalue weighted by Crippen LogP contribution is 2.18. The number of nitrogens with zero attached hydrogens (tertiary/aromatic N) is 4. The van der Waals surface area contributed by atoms with Crippen molar-refractivity contribution in [1.29, 1.82) is 0 Å². The summed E-state index contributed by atoms with van der Waals surface area (Å²) >= 11 is 0. The lowest BCUT2D eigenvalue weighted by atomic mass is 10.2. The van der Waals surface area contributed by atoms with E-state index in [0.29, 0.717) is 24.2 Å². The average molecular weight is 447 g/mol. The van der Waals surface area contributed by atoms with Gasteiger partial charge in [-0.1, -0.05) is 36.4 Å². The van der Waals surface area contributed by atoms with E-state index in [0.717, 1.165) is 37.6 Å². The number of piperazine rings is 1. The van der Waals surface area contributed by atoms with Gasteiger partial charge in [-0.05, 0) is 38.1 Å². The number of anilines is 1. The van der Waals surface area contributed by atoms with Gasteiger partial charge in [0.1, 0.15) is 0 Å². The van der Waals surface area contributed by atoms with Crippen LogP contribution >= 0.6 is 0 Å². The molecule has 1 aromatic heterocycles. The molecule has 2 amide bonds. The van der Waals surface area contributed by atoms with Crippen LogP contribution in [0.15, 0.2) is 60.7 Å². The third-order valence-corrected chi connectivity index (χ3v) is 5.98. The number of hydrazine groups is 1. The van der Waals surface area contributed by atoms with Crippen molar-refractivity contribution in [3.8, 4) is 5.69 Å². The quantitative estimate of drug-likeness (QED) is 0.569. The first-order valence-corrected chi connectivity index (χ1v) is 11.3. The topological polar surface area (TPSA) is 82.5 Å². The molecule has 0 bridgehead atoms. The summed E-state index contributed by atoms with van der Waals surface area (Å²) in [5.41, 5.74) is 9.01. The minimum absolute atomic E-state index is 0.209. The van der Waals surface area contributed by atoms with Crippen molar-refractivity contribution in [2.75, 3.05) is 37.6 Å². The molecule has 0 radical (unpaired) electrons. The maximum Gasteiger partial charge on any atom is 0.273 e. The Kier molecular flexibility index (Phi) is 7.04. The number of para-hydroxylation sites is 2. The molecule has 0 spiro atoms. The molecule has 2 aromatic carbocycles. The van der Waals surface area contributed by atoms with Gasteiger partial charge in [0.15, 0.2) is 0 Å². The molecule has 8 heteroatoms. The number of hydrogen-bond donors (Lipinski definition) is 2. The Labute approximate surface area is 194 Å². The summed E-state index contributed by atoms with van der Waals surface area (Å²) in [6.07, 6.45) is 0.326. The van der Waals surface area contributed by atoms with Gasteiger partial charge in [-0.15, -0.1) is 0 Å². The van der Waals surface area contributed by atoms with Gasteiger partial charge < -0.3 is 4.90 Å². The molecule has 0 aliphatic carbocycles. The van der Waals surface area contributed by atoms with Crippen LogP contribution in [0.2, 0.25) is 0 Å². The van der Waals surface area contributed by atoms with E-state index in [1.54, 1.807) is 11.6 Å². The summed E-state index contributed by atoms with van der Waals surface area (Å²) in [6, 6.07) is 20.0. The summed E-state index contributed by atoms with van der Waals surface area (Å²) in [4.78, 5) is 29.7. The van der Waals surface area contributed by atoms with E-state index in [-0.39, 0.29) is 11.8 Å². The first-order chi connectivity index (χ1) is 16.0. The highest BCUT2D eigenvalue weighted by atomic mass is 16.2. The zero-order valence-corrected chi connectivity index (χ0v) is 19.1. The summed E-state index contributed by atoms with van der Waals surface area (Å²) in [5.74, 6) is -0.573. The zero-order chi connectivity index (χ0) is 23.2. The number of hydrogen-bond acceptors (Lipinski definition) is 5. The van der Waals surface area contributed by atoms with E-state index in [2.05, 4.69) is 50.0 Å². The fourth-order valence-corrected chi connectivity index (χ4v) is 4.17. The van der Waals surface area contributed by atoms with Crippen LogP contribution in [0, 0.1) is 13.8 Å². The highest BCUT2D eigenvalue weighted by Gasteiger charge is 2.21. The minimum atomic E-state index is -0.364. The smallest absolute Gasteiger partial charge is 0.273 e. The molecule has 33 heavy (non-hydrogen) atoms. The molecule has 1 aliphatic heterocycles. The molecule has 4 rings (SSSR count). The first-order valence-electron chi connectivity index (χ1n) is 11.3. The first kappa shape index (κ1) is 22.5. The Bertz CT molecular complexity index is 1090. The van der Waals surface area contributed by atoms with Crippen molar-refractivity contribution < 1.29 is 9.59 Å². The standard InChI is InChI=1S/C25H30N6O2/c1-19-24(20(2)31(28-19)22-11-7-4-8-12-22)25(33)27-26-23(32)13-14-29-15-17-30(18-16-29)21-9-5-3-6-10-21/h3-12H,13-18H2,1-2H3,(H,26,32)(H,27,33). The van der Waals surface area contributed by atoms with E-state index in [4.69, 9.17) is 0 Å². The Morgan fingerprint density at radius 3 is 2.09 bits per heavy atom. The van der Waals surface area contributed by atoms with Gasteiger partial charge in [-0.2, -0.15) is 5.10 Å². The molecule has 2 heterocycles. The number of rotatable bonds is 6. The minimum Gasteiger partial charge on any atom is -0.369 e. The fourth-order valence-electron chi connectivity index (χ4n) is 4.17. The number of carbonyl (C=O) groups is 2. The second kappa shape index (κ2) is 10.3. The zero-order valence-electron chi connectivity index (χ0n) is 19.1. The number of aryl methyl sites for hydroxylation is 1. The van der Waals surface area contributed by atoms with Crippen molar-refractivity contribution in [3.63, 3.8) is 0 Å². The van der Waals surface area contributed by atoms with Crippen molar-refractivity contribution >= 4 is 17.5 Å². The van der Waals surface area contributed by atoms with E-state index >= 15 is 0 Å². The van der Waals surface area contributed by atoms with Gasteiger partial charge >= 0.3 is 0 Å². The summed E-state index contributed by atoms with van der Waals surface area (Å²) in [6.45, 7) is 7.99. The van der Waals surface area contributed by atoms with Gasteiger partial charge in [0.05, 0.1) is 22.6 Å². The number of nitrogens with one attached hydrogen (secondary N) is 2. The van der Waals surface area contributed by atoms with Gasteiger partial charge in [-0.3, -0.25) is 25.3 Å². The number of aromatic nitrogens is 2. The molecular weight excluding hydrogens is 416 g/mol. The van der Waals surface area contributed by atoms with Gasteiger partial charge in [0.25, 0.3) is 5.91 Å². The molecule has 1 aliphatic rings. The van der Waals surface area contributed by atoms with Crippen LogP contribution in [0.4, 0.5) is 5.69 Å². The second-order valence-corrected chi connectivity index (χ2v) is 8.21. The molecule has 1 fully saturated rings. The van der Waals surface area contributed by atoms with E-state index < -0.39 is 0 Å². The van der Waals surface area contributed by atoms with Crippen LogP contribution in [0.25, 0.3) is 5.69 Å². The molecular formula is C25H30N6O2. The van der Waals surface area contributed by atoms with Crippen molar-refractivity contribution in [3.05, 3.63) is 77.6 Å². The van der Waals surface area contributed by atoms with Crippen LogP contribution in [-0.2, 0) is 4.79 Å². The molecule has 8 nitrogen and oxygen atoms in total. The van der Waals surface area contributed by atoms with Crippen LogP contribution in [0.5, 0.6) is 0 Å². The van der Waals surface area contributed by atoms with Gasteiger partial charge in [0, 0.05) is 44.8 Å². The number of carbonyl (C=O) groups excluding carboxylic acids is 2. The fraction of sp³-hybridized carbons (Fsp3) is 0.320. The molecule has 2 N–H and O–H groups in total. The average Bonchev–Trinajstić information content (AvgIpc) is 3.16. The maximum absolute atomic E-state index is 12.7. The molecule has 172 valence electrons. The third-order valence-electron chi connectivity index (χ3n) is 5.98. The van der Waals surface area contributed by atoms with Crippen LogP contribution in [0.1, 0.15) is 28.2 Å². The third kappa shape index (κ3) is 5.40. The van der Waals surface area contributed by atoms with Gasteiger partial charge in [-0.25, -0.2) is 4.68 Å².